The van der Waals surface area contributed by atoms with Crippen molar-refractivity contribution < 1.29 is 22.7 Å². The number of halogens is 3. The summed E-state index contributed by atoms with van der Waals surface area (Å²) in [7, 11) is 1.17. The number of alkyl halides is 3. The van der Waals surface area contributed by atoms with Gasteiger partial charge >= 0.3 is 6.18 Å². The average Bonchev–Trinajstić information content (AvgIpc) is 2.55. The van der Waals surface area contributed by atoms with Crippen molar-refractivity contribution in [2.45, 2.75) is 25.4 Å². The summed E-state index contributed by atoms with van der Waals surface area (Å²) in [5.74, 6) is -1.08. The fourth-order valence-electron chi connectivity index (χ4n) is 2.54. The smallest absolute Gasteiger partial charge is 0.419 e. The number of rotatable bonds is 5. The van der Waals surface area contributed by atoms with Gasteiger partial charge in [-0.3, -0.25) is 4.79 Å². The average molecular weight is 322 g/mol. The van der Waals surface area contributed by atoms with Crippen molar-refractivity contribution in [2.24, 2.45) is 0 Å². The molecule has 0 aliphatic carbocycles. The number of carbonyl (C=O) groups excluding carboxylic acids is 1. The van der Waals surface area contributed by atoms with Crippen LogP contribution in [0.5, 0.6) is 5.75 Å². The maximum atomic E-state index is 13.1. The van der Waals surface area contributed by atoms with Crippen LogP contribution in [0.25, 0.3) is 0 Å². The van der Waals surface area contributed by atoms with E-state index in [9.17, 15) is 18.0 Å². The van der Waals surface area contributed by atoms with E-state index in [4.69, 9.17) is 4.74 Å². The van der Waals surface area contributed by atoms with Gasteiger partial charge in [0.15, 0.2) is 5.78 Å². The summed E-state index contributed by atoms with van der Waals surface area (Å²) < 4.78 is 44.0. The van der Waals surface area contributed by atoms with Gasteiger partial charge in [-0.15, -0.1) is 0 Å². The Labute approximate surface area is 132 Å². The predicted octanol–water partition coefficient (Wildman–Crippen LogP) is 5.09. The minimum Gasteiger partial charge on any atom is -0.496 e. The van der Waals surface area contributed by atoms with Crippen LogP contribution in [0, 0.1) is 0 Å². The lowest BCUT2D eigenvalue weighted by Gasteiger charge is -2.17. The van der Waals surface area contributed by atoms with Gasteiger partial charge < -0.3 is 4.74 Å². The molecule has 0 bridgehead atoms. The number of benzene rings is 2. The van der Waals surface area contributed by atoms with E-state index in [1.807, 2.05) is 13.0 Å². The summed E-state index contributed by atoms with van der Waals surface area (Å²) >= 11 is 0. The minimum atomic E-state index is -4.57. The van der Waals surface area contributed by atoms with Crippen molar-refractivity contribution in [3.05, 3.63) is 65.2 Å². The molecule has 0 fully saturated rings. The highest BCUT2D eigenvalue weighted by atomic mass is 19.4. The first-order chi connectivity index (χ1) is 10.9. The van der Waals surface area contributed by atoms with Gasteiger partial charge in [0.25, 0.3) is 0 Å². The van der Waals surface area contributed by atoms with Crippen LogP contribution in [0.3, 0.4) is 0 Å². The Morgan fingerprint density at radius 3 is 2.30 bits per heavy atom. The van der Waals surface area contributed by atoms with Gasteiger partial charge in [-0.2, -0.15) is 13.2 Å². The largest absolute Gasteiger partial charge is 0.496 e. The fourth-order valence-corrected chi connectivity index (χ4v) is 2.54. The Morgan fingerprint density at radius 1 is 1.13 bits per heavy atom. The molecule has 2 aromatic rings. The van der Waals surface area contributed by atoms with E-state index in [1.165, 1.54) is 19.2 Å². The normalized spacial score (nSPS) is 12.7. The van der Waals surface area contributed by atoms with E-state index < -0.39 is 17.7 Å². The van der Waals surface area contributed by atoms with Crippen LogP contribution in [-0.4, -0.2) is 12.9 Å². The van der Waals surface area contributed by atoms with Crippen molar-refractivity contribution in [1.29, 1.82) is 0 Å². The molecule has 0 aromatic heterocycles. The molecular weight excluding hydrogens is 305 g/mol. The molecule has 23 heavy (non-hydrogen) atoms. The molecule has 1 atom stereocenters. The van der Waals surface area contributed by atoms with Crippen molar-refractivity contribution in [1.82, 2.24) is 0 Å². The molecule has 0 aliphatic rings. The number of carbonyl (C=O) groups is 1. The number of ketones is 1. The van der Waals surface area contributed by atoms with Crippen LogP contribution >= 0.6 is 0 Å². The Morgan fingerprint density at radius 2 is 1.78 bits per heavy atom. The second kappa shape index (κ2) is 6.86. The monoisotopic (exact) mass is 322 g/mol. The maximum absolute atomic E-state index is 13.1. The first kappa shape index (κ1) is 17.1. The number of Topliss-reactive ketones (excluding diaryl/α,β-unsaturated/α-hetero) is 1. The van der Waals surface area contributed by atoms with Gasteiger partial charge in [-0.25, -0.2) is 0 Å². The van der Waals surface area contributed by atoms with Crippen LogP contribution in [0.2, 0.25) is 0 Å². The van der Waals surface area contributed by atoms with Gasteiger partial charge in [0.05, 0.1) is 12.7 Å². The molecule has 5 heteroatoms. The van der Waals surface area contributed by atoms with E-state index in [0.29, 0.717) is 6.42 Å². The van der Waals surface area contributed by atoms with Crippen molar-refractivity contribution in [2.75, 3.05) is 7.11 Å². The lowest BCUT2D eigenvalue weighted by Crippen LogP contribution is -2.15. The number of methoxy groups -OCH3 is 1. The molecular formula is C18H17F3O2. The van der Waals surface area contributed by atoms with Crippen LogP contribution in [0.4, 0.5) is 13.2 Å². The molecule has 2 aromatic carbocycles. The third kappa shape index (κ3) is 3.73. The van der Waals surface area contributed by atoms with Crippen LogP contribution < -0.4 is 4.74 Å². The molecule has 2 rings (SSSR count). The van der Waals surface area contributed by atoms with E-state index in [-0.39, 0.29) is 17.1 Å². The second-order valence-corrected chi connectivity index (χ2v) is 5.15. The molecule has 0 radical (unpaired) electrons. The summed E-state index contributed by atoms with van der Waals surface area (Å²) in [6.07, 6.45) is -4.06. The number of hydrogen-bond acceptors (Lipinski definition) is 2. The van der Waals surface area contributed by atoms with Crippen LogP contribution in [-0.2, 0) is 6.18 Å². The first-order valence-electron chi connectivity index (χ1n) is 7.22. The Kier molecular flexibility index (Phi) is 5.08. The molecule has 122 valence electrons. The molecule has 0 amide bonds. The third-order valence-electron chi connectivity index (χ3n) is 3.72. The lowest BCUT2D eigenvalue weighted by molar-refractivity contribution is -0.138. The highest BCUT2D eigenvalue weighted by Gasteiger charge is 2.35. The maximum Gasteiger partial charge on any atom is 0.419 e. The van der Waals surface area contributed by atoms with E-state index in [0.717, 1.165) is 11.6 Å². The fraction of sp³-hybridized carbons (Fsp3) is 0.278. The van der Waals surface area contributed by atoms with Gasteiger partial charge in [0.2, 0.25) is 0 Å². The Hall–Kier alpha value is -2.30. The topological polar surface area (TPSA) is 26.3 Å². The highest BCUT2D eigenvalue weighted by molar-refractivity contribution is 6.01. The molecule has 0 N–H and O–H groups in total. The summed E-state index contributed by atoms with van der Waals surface area (Å²) in [4.78, 5) is 12.6. The van der Waals surface area contributed by atoms with Crippen molar-refractivity contribution >= 4 is 5.78 Å². The summed E-state index contributed by atoms with van der Waals surface area (Å²) in [6.45, 7) is 1.84. The van der Waals surface area contributed by atoms with E-state index >= 15 is 0 Å². The van der Waals surface area contributed by atoms with Crippen LogP contribution in [0.15, 0.2) is 48.5 Å². The zero-order valence-electron chi connectivity index (χ0n) is 12.9. The molecule has 0 saturated heterocycles. The summed E-state index contributed by atoms with van der Waals surface area (Å²) in [6, 6.07) is 12.5. The van der Waals surface area contributed by atoms with Gasteiger partial charge in [0, 0.05) is 11.5 Å². The quantitative estimate of drug-likeness (QED) is 0.717. The lowest BCUT2D eigenvalue weighted by atomic mass is 9.88. The van der Waals surface area contributed by atoms with Gasteiger partial charge in [-0.1, -0.05) is 37.3 Å². The molecule has 0 heterocycles. The third-order valence-corrected chi connectivity index (χ3v) is 3.72. The van der Waals surface area contributed by atoms with Gasteiger partial charge in [0.1, 0.15) is 5.75 Å². The van der Waals surface area contributed by atoms with Crippen LogP contribution in [0.1, 0.15) is 40.7 Å². The molecule has 2 nitrogen and oxygen atoms in total. The molecule has 0 aliphatic heterocycles. The van der Waals surface area contributed by atoms with E-state index in [2.05, 4.69) is 0 Å². The molecule has 0 saturated carbocycles. The molecule has 0 spiro atoms. The molecule has 1 unspecified atom stereocenters. The van der Waals surface area contributed by atoms with Crippen molar-refractivity contribution in [3.63, 3.8) is 0 Å². The SMILES string of the molecule is CCC(C(=O)c1ccc(OC)c(C(F)(F)F)c1)c1ccccc1. The summed E-state index contributed by atoms with van der Waals surface area (Å²) in [5.41, 5.74) is -0.105. The second-order valence-electron chi connectivity index (χ2n) is 5.15. The zero-order valence-corrected chi connectivity index (χ0v) is 12.9. The highest BCUT2D eigenvalue weighted by Crippen LogP contribution is 2.37. The van der Waals surface area contributed by atoms with Gasteiger partial charge in [-0.05, 0) is 30.2 Å². The van der Waals surface area contributed by atoms with Crippen molar-refractivity contribution in [3.8, 4) is 5.75 Å². The minimum absolute atomic E-state index is 0.0360. The zero-order chi connectivity index (χ0) is 17.0. The Balaban J connectivity index is 2.43. The number of ether oxygens (including phenoxy) is 1. The Bertz CT molecular complexity index is 678. The summed E-state index contributed by atoms with van der Waals surface area (Å²) in [5, 5.41) is 0. The van der Waals surface area contributed by atoms with E-state index in [1.54, 1.807) is 24.3 Å². The predicted molar refractivity (Wildman–Crippen MR) is 81.8 cm³/mol. The first-order valence-corrected chi connectivity index (χ1v) is 7.22. The number of hydrogen-bond donors (Lipinski definition) is 0. The standard InChI is InChI=1S/C18H17F3O2/c1-3-14(12-7-5-4-6-8-12)17(22)13-9-10-16(23-2)15(11-13)18(19,20)21/h4-11,14H,3H2,1-2H3.